The molecular weight excluding hydrogens is 397 g/mol. The van der Waals surface area contributed by atoms with E-state index in [1.165, 1.54) is 42.2 Å². The van der Waals surface area contributed by atoms with Gasteiger partial charge in [-0.1, -0.05) is 0 Å². The Morgan fingerprint density at radius 1 is 0.769 bits per heavy atom. The van der Waals surface area contributed by atoms with Crippen molar-refractivity contribution in [1.29, 1.82) is 0 Å². The van der Waals surface area contributed by atoms with Gasteiger partial charge in [0.1, 0.15) is 0 Å². The topological polar surface area (TPSA) is 20.2 Å². The molecule has 3 aromatic rings. The Morgan fingerprint density at radius 3 is 1.54 bits per heavy atom. The molecule has 1 heterocycles. The molecule has 0 aliphatic rings. The first-order chi connectivity index (χ1) is 12.3. The SMILES string of the molecule is Cc1cc(C)[c]([Ge]([c]2c(C)cc(C)cc2C)[CH](O)c2cccs2)c(C)c1. The average Bonchev–Trinajstić information content (AvgIpc) is 3.05. The quantitative estimate of drug-likeness (QED) is 0.613. The van der Waals surface area contributed by atoms with E-state index in [2.05, 4.69) is 77.3 Å². The average molecular weight is 424 g/mol. The van der Waals surface area contributed by atoms with Crippen LogP contribution in [0.2, 0.25) is 0 Å². The predicted molar refractivity (Wildman–Crippen MR) is 116 cm³/mol. The van der Waals surface area contributed by atoms with Gasteiger partial charge in [-0.05, 0) is 0 Å². The van der Waals surface area contributed by atoms with Gasteiger partial charge in [-0.25, -0.2) is 0 Å². The normalized spacial score (nSPS) is 12.6. The summed E-state index contributed by atoms with van der Waals surface area (Å²) < 4.78 is 2.85. The van der Waals surface area contributed by atoms with Crippen LogP contribution in [0.1, 0.15) is 43.2 Å². The van der Waals surface area contributed by atoms with Gasteiger partial charge in [-0.3, -0.25) is 0 Å². The van der Waals surface area contributed by atoms with Crippen LogP contribution >= 0.6 is 11.3 Å². The van der Waals surface area contributed by atoms with Crippen molar-refractivity contribution in [2.75, 3.05) is 0 Å². The molecule has 26 heavy (non-hydrogen) atoms. The number of benzene rings is 2. The summed E-state index contributed by atoms with van der Waals surface area (Å²) >= 11 is -0.562. The molecule has 1 atom stereocenters. The van der Waals surface area contributed by atoms with Crippen molar-refractivity contribution in [1.82, 2.24) is 0 Å². The minimum atomic E-state index is -2.23. The Balaban J connectivity index is 2.29. The standard InChI is InChI=1S/C23H27GeOS/c1-14-10-16(3)21(17(4)11-14)24(23(25)20-8-7-9-26-20)22-18(5)12-15(2)13-19(22)6/h7-13,23,25H,1-6H3. The third-order valence-electron chi connectivity index (χ3n) is 4.98. The number of hydrogen-bond acceptors (Lipinski definition) is 2. The van der Waals surface area contributed by atoms with Crippen molar-refractivity contribution in [3.05, 3.63) is 80.0 Å². The second-order valence-corrected chi connectivity index (χ2v) is 13.3. The molecule has 0 amide bonds. The number of aryl methyl sites for hydroxylation is 6. The second-order valence-electron chi connectivity index (χ2n) is 7.38. The Labute approximate surface area is 165 Å². The summed E-state index contributed by atoms with van der Waals surface area (Å²) in [6.45, 7) is 13.2. The fraction of sp³-hybridized carbons (Fsp3) is 0.304. The van der Waals surface area contributed by atoms with Crippen LogP contribution in [0.3, 0.4) is 0 Å². The van der Waals surface area contributed by atoms with Gasteiger partial charge >= 0.3 is 166 Å². The first-order valence-electron chi connectivity index (χ1n) is 9.04. The number of hydrogen-bond donors (Lipinski definition) is 1. The third-order valence-corrected chi connectivity index (χ3v) is 13.7. The molecule has 1 nitrogen and oxygen atoms in total. The van der Waals surface area contributed by atoms with Crippen molar-refractivity contribution < 1.29 is 5.11 Å². The maximum atomic E-state index is 11.5. The van der Waals surface area contributed by atoms with Crippen molar-refractivity contribution in [3.63, 3.8) is 0 Å². The van der Waals surface area contributed by atoms with E-state index in [4.69, 9.17) is 0 Å². The van der Waals surface area contributed by atoms with E-state index in [1.807, 2.05) is 6.07 Å². The van der Waals surface area contributed by atoms with Crippen molar-refractivity contribution in [3.8, 4) is 0 Å². The number of aliphatic hydroxyl groups is 1. The molecule has 1 unspecified atom stereocenters. The summed E-state index contributed by atoms with van der Waals surface area (Å²) in [6, 6.07) is 13.2. The molecule has 1 aromatic heterocycles. The van der Waals surface area contributed by atoms with E-state index in [9.17, 15) is 5.11 Å². The fourth-order valence-corrected chi connectivity index (χ4v) is 12.5. The maximum absolute atomic E-state index is 11.5. The number of thiophene rings is 1. The first kappa shape index (κ1) is 19.4. The molecule has 0 aliphatic heterocycles. The van der Waals surface area contributed by atoms with Crippen molar-refractivity contribution >= 4 is 34.5 Å². The predicted octanol–water partition coefficient (Wildman–Crippen LogP) is 4.48. The van der Waals surface area contributed by atoms with Gasteiger partial charge in [0.2, 0.25) is 0 Å². The number of aliphatic hydroxyl groups excluding tert-OH is 1. The van der Waals surface area contributed by atoms with Crippen molar-refractivity contribution in [2.24, 2.45) is 0 Å². The molecule has 0 fully saturated rings. The Kier molecular flexibility index (Phi) is 5.76. The van der Waals surface area contributed by atoms with E-state index in [0.29, 0.717) is 0 Å². The van der Waals surface area contributed by atoms with Crippen LogP contribution in [-0.2, 0) is 0 Å². The zero-order valence-corrected chi connectivity index (χ0v) is 19.4. The Hall–Kier alpha value is -1.36. The van der Waals surface area contributed by atoms with E-state index < -0.39 is 14.3 Å². The van der Waals surface area contributed by atoms with Gasteiger partial charge < -0.3 is 0 Å². The summed E-state index contributed by atoms with van der Waals surface area (Å²) in [5.74, 6) is 0. The van der Waals surface area contributed by atoms with Gasteiger partial charge in [0, 0.05) is 0 Å². The van der Waals surface area contributed by atoms with E-state index >= 15 is 0 Å². The van der Waals surface area contributed by atoms with Gasteiger partial charge in [0.05, 0.1) is 0 Å². The van der Waals surface area contributed by atoms with Gasteiger partial charge in [-0.2, -0.15) is 0 Å². The van der Waals surface area contributed by atoms with E-state index in [-0.39, 0.29) is 4.94 Å². The minimum absolute atomic E-state index is 0.379. The molecule has 2 aromatic carbocycles. The van der Waals surface area contributed by atoms with Gasteiger partial charge in [-0.15, -0.1) is 0 Å². The van der Waals surface area contributed by atoms with Crippen LogP contribution < -0.4 is 8.79 Å². The van der Waals surface area contributed by atoms with E-state index in [1.54, 1.807) is 11.3 Å². The van der Waals surface area contributed by atoms with Crippen LogP contribution in [0.4, 0.5) is 0 Å². The molecular formula is C23H27GeOS. The van der Waals surface area contributed by atoms with Gasteiger partial charge in [0.25, 0.3) is 0 Å². The molecule has 0 bridgehead atoms. The second kappa shape index (κ2) is 7.71. The van der Waals surface area contributed by atoms with Crippen molar-refractivity contribution in [2.45, 2.75) is 46.5 Å². The fourth-order valence-electron chi connectivity index (χ4n) is 4.20. The molecule has 0 saturated carbocycles. The summed E-state index contributed by atoms with van der Waals surface area (Å²) in [5, 5.41) is 13.6. The summed E-state index contributed by atoms with van der Waals surface area (Å²) in [5.41, 5.74) is 7.90. The Morgan fingerprint density at radius 2 is 1.19 bits per heavy atom. The summed E-state index contributed by atoms with van der Waals surface area (Å²) in [7, 11) is 0. The molecule has 3 rings (SSSR count). The molecule has 0 spiro atoms. The zero-order chi connectivity index (χ0) is 19.0. The summed E-state index contributed by atoms with van der Waals surface area (Å²) in [6.07, 6.45) is 0. The van der Waals surface area contributed by atoms with Gasteiger partial charge in [0.15, 0.2) is 0 Å². The molecule has 0 aliphatic carbocycles. The molecule has 3 heteroatoms. The Bertz CT molecular complexity index is 824. The van der Waals surface area contributed by atoms with Crippen LogP contribution in [0.5, 0.6) is 0 Å². The van der Waals surface area contributed by atoms with Crippen LogP contribution in [0.25, 0.3) is 0 Å². The molecule has 1 radical (unpaired) electrons. The molecule has 1 N–H and O–H groups in total. The number of rotatable bonds is 4. The van der Waals surface area contributed by atoms with Crippen LogP contribution in [0.15, 0.2) is 41.8 Å². The monoisotopic (exact) mass is 425 g/mol. The first-order valence-corrected chi connectivity index (χ1v) is 13.2. The van der Waals surface area contributed by atoms with Crippen LogP contribution in [-0.4, -0.2) is 19.5 Å². The zero-order valence-electron chi connectivity index (χ0n) is 16.5. The summed E-state index contributed by atoms with van der Waals surface area (Å²) in [4.78, 5) is 0.717. The van der Waals surface area contributed by atoms with E-state index in [0.717, 1.165) is 4.88 Å². The van der Waals surface area contributed by atoms with Crippen LogP contribution in [0, 0.1) is 41.5 Å². The molecule has 135 valence electrons. The molecule has 0 saturated heterocycles. The third kappa shape index (κ3) is 3.69.